The van der Waals surface area contributed by atoms with E-state index < -0.39 is 11.8 Å². The quantitative estimate of drug-likeness (QED) is 0.288. The van der Waals surface area contributed by atoms with Gasteiger partial charge in [-0.25, -0.2) is 0 Å². The Kier molecular flexibility index (Phi) is 6.56. The summed E-state index contributed by atoms with van der Waals surface area (Å²) in [6.45, 7) is 2.85. The van der Waals surface area contributed by atoms with Gasteiger partial charge in [0, 0.05) is 0 Å². The SMILES string of the molecule is CC(C)(O)OCCC(CO)N(C#N)OCl. The van der Waals surface area contributed by atoms with Gasteiger partial charge in [-0.05, 0) is 20.3 Å². The third-order valence-electron chi connectivity index (χ3n) is 1.62. The molecule has 0 aromatic rings. The Bertz CT molecular complexity index is 214. The highest BCUT2D eigenvalue weighted by atomic mass is 35.5. The lowest BCUT2D eigenvalue weighted by atomic mass is 10.2. The molecule has 0 amide bonds. The van der Waals surface area contributed by atoms with Crippen molar-refractivity contribution < 1.29 is 19.3 Å². The number of ether oxygens (including phenoxy) is 1. The minimum absolute atomic E-state index is 0.174. The molecule has 0 saturated carbocycles. The number of rotatable bonds is 7. The number of hydrogen-bond donors (Lipinski definition) is 2. The fourth-order valence-electron chi connectivity index (χ4n) is 0.881. The van der Waals surface area contributed by atoms with Crippen LogP contribution >= 0.6 is 11.9 Å². The Balaban J connectivity index is 3.96. The first-order valence-electron chi connectivity index (χ1n) is 4.39. The zero-order valence-electron chi connectivity index (χ0n) is 8.68. The molecule has 0 aromatic heterocycles. The van der Waals surface area contributed by atoms with E-state index in [9.17, 15) is 5.11 Å². The van der Waals surface area contributed by atoms with E-state index in [1.54, 1.807) is 6.19 Å². The molecule has 15 heavy (non-hydrogen) atoms. The average Bonchev–Trinajstić information content (AvgIpc) is 2.15. The number of aliphatic hydroxyl groups excluding tert-OH is 1. The van der Waals surface area contributed by atoms with Gasteiger partial charge < -0.3 is 14.9 Å². The minimum Gasteiger partial charge on any atom is -0.394 e. The fourth-order valence-corrected chi connectivity index (χ4v) is 1.02. The summed E-state index contributed by atoms with van der Waals surface area (Å²) in [6, 6.07) is -0.588. The van der Waals surface area contributed by atoms with Gasteiger partial charge in [-0.2, -0.15) is 14.7 Å². The molecule has 7 heteroatoms. The molecule has 88 valence electrons. The monoisotopic (exact) mass is 238 g/mol. The smallest absolute Gasteiger partial charge is 0.207 e. The average molecular weight is 239 g/mol. The summed E-state index contributed by atoms with van der Waals surface area (Å²) in [5.41, 5.74) is 0. The van der Waals surface area contributed by atoms with Crippen molar-refractivity contribution in [1.29, 1.82) is 5.26 Å². The standard InChI is InChI=1S/C8H15ClN2O4/c1-8(2,13)14-4-3-7(5-12)11(6-10)15-9/h7,12-13H,3-5H2,1-2H3. The van der Waals surface area contributed by atoms with Crippen molar-refractivity contribution in [2.24, 2.45) is 0 Å². The molecule has 0 saturated heterocycles. The van der Waals surface area contributed by atoms with Crippen molar-refractivity contribution in [2.75, 3.05) is 13.2 Å². The van der Waals surface area contributed by atoms with E-state index in [1.165, 1.54) is 13.8 Å². The number of hydroxylamine groups is 2. The van der Waals surface area contributed by atoms with E-state index >= 15 is 0 Å². The second-order valence-corrected chi connectivity index (χ2v) is 3.55. The van der Waals surface area contributed by atoms with Gasteiger partial charge in [0.05, 0.1) is 31.1 Å². The summed E-state index contributed by atoms with van der Waals surface area (Å²) in [5, 5.41) is 27.5. The number of nitriles is 1. The Morgan fingerprint density at radius 2 is 2.20 bits per heavy atom. The normalized spacial score (nSPS) is 13.3. The Labute approximate surface area is 93.7 Å². The van der Waals surface area contributed by atoms with Crippen LogP contribution in [0.15, 0.2) is 0 Å². The van der Waals surface area contributed by atoms with E-state index in [0.717, 1.165) is 5.06 Å². The molecule has 2 N–H and O–H groups in total. The van der Waals surface area contributed by atoms with Crippen LogP contribution in [-0.2, 0) is 9.13 Å². The lowest BCUT2D eigenvalue weighted by Crippen LogP contribution is -2.34. The number of aliphatic hydroxyl groups is 2. The first-order chi connectivity index (χ1) is 6.94. The van der Waals surface area contributed by atoms with Crippen molar-refractivity contribution in [3.8, 4) is 6.19 Å². The summed E-state index contributed by atoms with van der Waals surface area (Å²) in [4.78, 5) is 0. The van der Waals surface area contributed by atoms with Crippen molar-refractivity contribution in [1.82, 2.24) is 5.06 Å². The summed E-state index contributed by atoms with van der Waals surface area (Å²) in [7, 11) is 0. The zero-order valence-corrected chi connectivity index (χ0v) is 9.44. The summed E-state index contributed by atoms with van der Waals surface area (Å²) in [5.74, 6) is -1.24. The van der Waals surface area contributed by atoms with Gasteiger partial charge in [0.1, 0.15) is 0 Å². The van der Waals surface area contributed by atoms with Gasteiger partial charge in [0.25, 0.3) is 0 Å². The molecule has 0 radical (unpaired) electrons. The fraction of sp³-hybridized carbons (Fsp3) is 0.875. The Hall–Kier alpha value is -0.580. The molecule has 6 nitrogen and oxygen atoms in total. The van der Waals surface area contributed by atoms with E-state index in [0.29, 0.717) is 6.42 Å². The van der Waals surface area contributed by atoms with E-state index in [1.807, 2.05) is 0 Å². The maximum absolute atomic E-state index is 9.24. The van der Waals surface area contributed by atoms with Gasteiger partial charge in [-0.1, -0.05) is 0 Å². The molecule has 0 bridgehead atoms. The van der Waals surface area contributed by atoms with Crippen LogP contribution in [0.4, 0.5) is 0 Å². The minimum atomic E-state index is -1.24. The van der Waals surface area contributed by atoms with Crippen molar-refractivity contribution in [2.45, 2.75) is 32.1 Å². The predicted octanol–water partition coefficient (Wildman–Crippen LogP) is 0.351. The molecule has 1 unspecified atom stereocenters. The van der Waals surface area contributed by atoms with Gasteiger partial charge in [0.2, 0.25) is 6.19 Å². The zero-order chi connectivity index (χ0) is 11.9. The number of hydrogen-bond acceptors (Lipinski definition) is 6. The molecule has 1 atom stereocenters. The van der Waals surface area contributed by atoms with E-state index in [2.05, 4.69) is 4.39 Å². The third-order valence-corrected chi connectivity index (χ3v) is 1.77. The molecule has 0 heterocycles. The van der Waals surface area contributed by atoms with Crippen LogP contribution < -0.4 is 0 Å². The Morgan fingerprint density at radius 3 is 2.53 bits per heavy atom. The van der Waals surface area contributed by atoms with Crippen LogP contribution in [0.2, 0.25) is 0 Å². The summed E-state index contributed by atoms with van der Waals surface area (Å²) >= 11 is 5.01. The Morgan fingerprint density at radius 1 is 1.60 bits per heavy atom. The maximum atomic E-state index is 9.24. The second-order valence-electron chi connectivity index (χ2n) is 3.42. The van der Waals surface area contributed by atoms with Gasteiger partial charge >= 0.3 is 0 Å². The van der Waals surface area contributed by atoms with E-state index in [-0.39, 0.29) is 13.2 Å². The van der Waals surface area contributed by atoms with Crippen LogP contribution in [-0.4, -0.2) is 40.3 Å². The molecule has 0 fully saturated rings. The van der Waals surface area contributed by atoms with Crippen molar-refractivity contribution in [3.05, 3.63) is 0 Å². The molecule has 0 spiro atoms. The molecular formula is C8H15ClN2O4. The van der Waals surface area contributed by atoms with Crippen molar-refractivity contribution in [3.63, 3.8) is 0 Å². The van der Waals surface area contributed by atoms with Crippen LogP contribution in [0, 0.1) is 11.5 Å². The molecule has 0 aliphatic carbocycles. The summed E-state index contributed by atoms with van der Waals surface area (Å²) in [6.07, 6.45) is 1.96. The lowest BCUT2D eigenvalue weighted by Gasteiger charge is -2.23. The highest BCUT2D eigenvalue weighted by Crippen LogP contribution is 2.09. The number of halogens is 1. The predicted molar refractivity (Wildman–Crippen MR) is 52.1 cm³/mol. The van der Waals surface area contributed by atoms with Crippen LogP contribution in [0.1, 0.15) is 20.3 Å². The lowest BCUT2D eigenvalue weighted by molar-refractivity contribution is -0.181. The number of nitrogens with zero attached hydrogens (tertiary/aromatic N) is 2. The first kappa shape index (κ1) is 14.4. The highest BCUT2D eigenvalue weighted by Gasteiger charge is 2.19. The van der Waals surface area contributed by atoms with Gasteiger partial charge in [-0.15, -0.1) is 0 Å². The van der Waals surface area contributed by atoms with Crippen LogP contribution in [0.3, 0.4) is 0 Å². The van der Waals surface area contributed by atoms with Crippen LogP contribution in [0.25, 0.3) is 0 Å². The highest BCUT2D eigenvalue weighted by molar-refractivity contribution is 6.07. The molecule has 0 rings (SSSR count). The maximum Gasteiger partial charge on any atom is 0.207 e. The molecular weight excluding hydrogens is 224 g/mol. The second kappa shape index (κ2) is 6.82. The van der Waals surface area contributed by atoms with E-state index in [4.69, 9.17) is 27.0 Å². The first-order valence-corrected chi connectivity index (χ1v) is 4.70. The van der Waals surface area contributed by atoms with Gasteiger partial charge in [-0.3, -0.25) is 0 Å². The third kappa shape index (κ3) is 6.49. The van der Waals surface area contributed by atoms with Gasteiger partial charge in [0.15, 0.2) is 5.79 Å². The molecule has 0 aromatic carbocycles. The topological polar surface area (TPSA) is 86.0 Å². The summed E-state index contributed by atoms with van der Waals surface area (Å²) < 4.78 is 9.21. The molecule has 0 aliphatic rings. The molecule has 0 aliphatic heterocycles. The largest absolute Gasteiger partial charge is 0.394 e. The van der Waals surface area contributed by atoms with Crippen LogP contribution in [0.5, 0.6) is 0 Å². The van der Waals surface area contributed by atoms with Crippen molar-refractivity contribution >= 4 is 11.9 Å².